The zero-order chi connectivity index (χ0) is 24.4. The van der Waals surface area contributed by atoms with Gasteiger partial charge >= 0.3 is 0 Å². The highest BCUT2D eigenvalue weighted by Crippen LogP contribution is 2.28. The number of anilines is 1. The van der Waals surface area contributed by atoms with Crippen molar-refractivity contribution in [3.63, 3.8) is 0 Å². The molecule has 2 aliphatic heterocycles. The Kier molecular flexibility index (Phi) is 6.55. The van der Waals surface area contributed by atoms with Crippen molar-refractivity contribution in [2.45, 2.75) is 25.9 Å². The number of para-hydroxylation sites is 1. The average Bonchev–Trinajstić information content (AvgIpc) is 3.38. The van der Waals surface area contributed by atoms with Gasteiger partial charge in [-0.1, -0.05) is 41.9 Å². The van der Waals surface area contributed by atoms with Crippen molar-refractivity contribution in [1.82, 2.24) is 9.80 Å². The van der Waals surface area contributed by atoms with E-state index in [9.17, 15) is 14.4 Å². The predicted molar refractivity (Wildman–Crippen MR) is 135 cm³/mol. The minimum atomic E-state index is -0.212. The van der Waals surface area contributed by atoms with Gasteiger partial charge in [0.1, 0.15) is 6.54 Å². The molecule has 0 radical (unpaired) electrons. The largest absolute Gasteiger partial charge is 0.339 e. The number of fused-ring (bicyclic) bond motifs is 1. The monoisotopic (exact) mass is 487 g/mol. The van der Waals surface area contributed by atoms with Crippen LogP contribution in [0.3, 0.4) is 0 Å². The van der Waals surface area contributed by atoms with Gasteiger partial charge in [-0.15, -0.1) is 0 Å². The van der Waals surface area contributed by atoms with Gasteiger partial charge in [0.05, 0.1) is 6.54 Å². The molecule has 35 heavy (non-hydrogen) atoms. The molecule has 178 valence electrons. The Morgan fingerprint density at radius 3 is 2.03 bits per heavy atom. The van der Waals surface area contributed by atoms with Crippen LogP contribution in [-0.4, -0.2) is 47.2 Å². The highest BCUT2D eigenvalue weighted by molar-refractivity contribution is 6.30. The lowest BCUT2D eigenvalue weighted by molar-refractivity contribution is -0.119. The first kappa shape index (κ1) is 23.1. The molecule has 0 N–H and O–H groups in total. The molecule has 1 saturated heterocycles. The van der Waals surface area contributed by atoms with Crippen LogP contribution in [0.4, 0.5) is 5.69 Å². The van der Waals surface area contributed by atoms with Gasteiger partial charge in [-0.05, 0) is 66.4 Å². The fraction of sp³-hybridized carbons (Fsp3) is 0.250. The van der Waals surface area contributed by atoms with Crippen molar-refractivity contribution in [3.8, 4) is 0 Å². The highest BCUT2D eigenvalue weighted by atomic mass is 35.5. The SMILES string of the molecule is O=C(c1ccc(CN2C(=O)CN(C(=O)c3ccc(Cl)cc3)Cc3ccccc32)cc1)N1CCCC1. The van der Waals surface area contributed by atoms with Gasteiger partial charge in [0.2, 0.25) is 5.91 Å². The fourth-order valence-electron chi connectivity index (χ4n) is 4.68. The number of halogens is 1. The van der Waals surface area contributed by atoms with E-state index in [-0.39, 0.29) is 24.3 Å². The molecule has 5 rings (SSSR count). The number of carbonyl (C=O) groups is 3. The van der Waals surface area contributed by atoms with Crippen molar-refractivity contribution < 1.29 is 14.4 Å². The lowest BCUT2D eigenvalue weighted by Gasteiger charge is -2.23. The summed E-state index contributed by atoms with van der Waals surface area (Å²) in [4.78, 5) is 44.4. The van der Waals surface area contributed by atoms with E-state index in [1.807, 2.05) is 53.4 Å². The first-order valence-electron chi connectivity index (χ1n) is 11.8. The molecule has 0 aromatic heterocycles. The first-order valence-corrected chi connectivity index (χ1v) is 12.2. The van der Waals surface area contributed by atoms with Crippen molar-refractivity contribution in [3.05, 3.63) is 100 Å². The zero-order valence-corrected chi connectivity index (χ0v) is 20.1. The number of nitrogens with zero attached hydrogens (tertiary/aromatic N) is 3. The van der Waals surface area contributed by atoms with Gasteiger partial charge in [-0.2, -0.15) is 0 Å². The second-order valence-electron chi connectivity index (χ2n) is 8.97. The Morgan fingerprint density at radius 1 is 0.743 bits per heavy atom. The Bertz CT molecular complexity index is 1250. The second-order valence-corrected chi connectivity index (χ2v) is 9.41. The number of benzene rings is 3. The highest BCUT2D eigenvalue weighted by Gasteiger charge is 2.29. The molecule has 3 amide bonds. The van der Waals surface area contributed by atoms with Crippen LogP contribution in [-0.2, 0) is 17.9 Å². The van der Waals surface area contributed by atoms with E-state index < -0.39 is 0 Å². The van der Waals surface area contributed by atoms with Crippen LogP contribution in [0.15, 0.2) is 72.8 Å². The molecule has 1 fully saturated rings. The summed E-state index contributed by atoms with van der Waals surface area (Å²) in [5.74, 6) is -0.312. The van der Waals surface area contributed by atoms with Gasteiger partial charge in [0.15, 0.2) is 0 Å². The van der Waals surface area contributed by atoms with Crippen LogP contribution < -0.4 is 4.90 Å². The molecular weight excluding hydrogens is 462 g/mol. The van der Waals surface area contributed by atoms with E-state index in [1.54, 1.807) is 34.1 Å². The van der Waals surface area contributed by atoms with Crippen molar-refractivity contribution in [2.24, 2.45) is 0 Å². The van der Waals surface area contributed by atoms with E-state index in [2.05, 4.69) is 0 Å². The minimum Gasteiger partial charge on any atom is -0.339 e. The maximum atomic E-state index is 13.4. The van der Waals surface area contributed by atoms with Crippen LogP contribution in [0, 0.1) is 0 Å². The number of amides is 3. The van der Waals surface area contributed by atoms with Crippen molar-refractivity contribution in [1.29, 1.82) is 0 Å². The van der Waals surface area contributed by atoms with Gasteiger partial charge < -0.3 is 14.7 Å². The summed E-state index contributed by atoms with van der Waals surface area (Å²) in [7, 11) is 0. The van der Waals surface area contributed by atoms with E-state index in [4.69, 9.17) is 11.6 Å². The van der Waals surface area contributed by atoms with Gasteiger partial charge in [-0.3, -0.25) is 14.4 Å². The number of likely N-dealkylation sites (tertiary alicyclic amines) is 1. The maximum absolute atomic E-state index is 13.4. The molecule has 0 bridgehead atoms. The molecule has 3 aromatic carbocycles. The van der Waals surface area contributed by atoms with Crippen LogP contribution in [0.25, 0.3) is 0 Å². The van der Waals surface area contributed by atoms with Crippen LogP contribution in [0.2, 0.25) is 5.02 Å². The lowest BCUT2D eigenvalue weighted by Crippen LogP contribution is -2.39. The Hall–Kier alpha value is -3.64. The maximum Gasteiger partial charge on any atom is 0.254 e. The molecule has 0 spiro atoms. The third kappa shape index (κ3) is 4.93. The molecule has 0 atom stereocenters. The molecule has 6 nitrogen and oxygen atoms in total. The van der Waals surface area contributed by atoms with Gasteiger partial charge in [0, 0.05) is 41.5 Å². The Morgan fingerprint density at radius 2 is 1.34 bits per heavy atom. The van der Waals surface area contributed by atoms with Crippen LogP contribution in [0.1, 0.15) is 44.7 Å². The standard InChI is InChI=1S/C28H26ClN3O3/c29-24-13-11-22(12-14-24)28(35)31-18-23-5-1-2-6-25(23)32(26(33)19-31)17-20-7-9-21(10-8-20)27(34)30-15-3-4-16-30/h1-2,5-14H,3-4,15-19H2. The summed E-state index contributed by atoms with van der Waals surface area (Å²) in [5, 5.41) is 0.554. The molecular formula is C28H26ClN3O3. The predicted octanol–water partition coefficient (Wildman–Crippen LogP) is 4.77. The molecule has 0 unspecified atom stereocenters. The number of rotatable bonds is 4. The summed E-state index contributed by atoms with van der Waals surface area (Å²) in [6.45, 7) is 2.29. The summed E-state index contributed by atoms with van der Waals surface area (Å²) < 4.78 is 0. The van der Waals surface area contributed by atoms with E-state index >= 15 is 0 Å². The van der Waals surface area contributed by atoms with Crippen LogP contribution >= 0.6 is 11.6 Å². The molecule has 0 aliphatic carbocycles. The summed E-state index contributed by atoms with van der Waals surface area (Å²) >= 11 is 5.97. The minimum absolute atomic E-state index is 0.0261. The fourth-order valence-corrected chi connectivity index (χ4v) is 4.81. The number of hydrogen-bond donors (Lipinski definition) is 0. The molecule has 2 aliphatic rings. The molecule has 2 heterocycles. The third-order valence-electron chi connectivity index (χ3n) is 6.58. The summed E-state index contributed by atoms with van der Waals surface area (Å²) in [6, 6.07) is 21.8. The normalized spacial score (nSPS) is 15.7. The van der Waals surface area contributed by atoms with E-state index in [0.717, 1.165) is 42.7 Å². The van der Waals surface area contributed by atoms with Gasteiger partial charge in [0.25, 0.3) is 11.8 Å². The average molecular weight is 488 g/mol. The molecule has 3 aromatic rings. The van der Waals surface area contributed by atoms with E-state index in [1.165, 1.54) is 0 Å². The van der Waals surface area contributed by atoms with Gasteiger partial charge in [-0.25, -0.2) is 0 Å². The van der Waals surface area contributed by atoms with Crippen molar-refractivity contribution in [2.75, 3.05) is 24.5 Å². The smallest absolute Gasteiger partial charge is 0.254 e. The second kappa shape index (κ2) is 9.92. The number of carbonyl (C=O) groups excluding carboxylic acids is 3. The zero-order valence-electron chi connectivity index (χ0n) is 19.3. The van der Waals surface area contributed by atoms with Crippen molar-refractivity contribution >= 4 is 35.0 Å². The topological polar surface area (TPSA) is 60.9 Å². The first-order chi connectivity index (χ1) is 17.0. The van der Waals surface area contributed by atoms with E-state index in [0.29, 0.717) is 29.2 Å². The molecule has 7 heteroatoms. The Labute approximate surface area is 209 Å². The summed E-state index contributed by atoms with van der Waals surface area (Å²) in [5.41, 5.74) is 3.77. The van der Waals surface area contributed by atoms with Crippen LogP contribution in [0.5, 0.6) is 0 Å². The Balaban J connectivity index is 1.37. The lowest BCUT2D eigenvalue weighted by atomic mass is 10.1. The molecule has 0 saturated carbocycles. The summed E-state index contributed by atoms with van der Waals surface area (Å²) in [6.07, 6.45) is 2.11. The number of hydrogen-bond acceptors (Lipinski definition) is 3. The third-order valence-corrected chi connectivity index (χ3v) is 6.84. The quantitative estimate of drug-likeness (QED) is 0.533.